The summed E-state index contributed by atoms with van der Waals surface area (Å²) in [7, 11) is 0.744. The van der Waals surface area contributed by atoms with Crippen molar-refractivity contribution in [3.63, 3.8) is 0 Å². The molecule has 0 aliphatic heterocycles. The molecule has 1 atom stereocenters. The summed E-state index contributed by atoms with van der Waals surface area (Å²) in [6.07, 6.45) is -22.4. The molecule has 1 aromatic rings. The van der Waals surface area contributed by atoms with Crippen molar-refractivity contribution in [2.45, 2.75) is 42.4 Å². The van der Waals surface area contributed by atoms with Crippen LogP contribution in [0.15, 0.2) is 18.2 Å². The highest BCUT2D eigenvalue weighted by molar-refractivity contribution is 5.84. The average molecular weight is 635 g/mol. The number of halogens is 15. The fraction of sp³-hybridized carbons (Fsp3) is 0.526. The van der Waals surface area contributed by atoms with Crippen LogP contribution in [0.1, 0.15) is 11.7 Å². The van der Waals surface area contributed by atoms with Gasteiger partial charge in [0.15, 0.2) is 11.5 Å². The average Bonchev–Trinajstić information content (AvgIpc) is 2.80. The number of hydrogen-bond donors (Lipinski definition) is 0. The lowest BCUT2D eigenvalue weighted by Crippen LogP contribution is -2.52. The minimum absolute atomic E-state index is 0.150. The first kappa shape index (κ1) is 35.4. The molecule has 41 heavy (non-hydrogen) atoms. The normalized spacial score (nSPS) is 14.3. The molecule has 234 valence electrons. The lowest BCUT2D eigenvalue weighted by Gasteiger charge is -2.29. The Morgan fingerprint density at radius 2 is 1.15 bits per heavy atom. The second-order valence-corrected chi connectivity index (χ2v) is 7.60. The number of ether oxygens (including phenoxy) is 3. The number of hydrogen-bond acceptors (Lipinski definition) is 6. The summed E-state index contributed by atoms with van der Waals surface area (Å²) in [4.78, 5) is 33.9. The summed E-state index contributed by atoms with van der Waals surface area (Å²) in [5.74, 6) is -30.8. The summed E-state index contributed by atoms with van der Waals surface area (Å²) in [6, 6.07) is 0.756. The SMILES string of the molecule is COc1cc(C(CN(C)C(=O)C(F)(F)C(F)(F)F)OC(=O)C(F)(F)C(F)(F)F)ccc1OC(=O)C(F)(F)C(F)(F)F. The number of amides is 1. The Morgan fingerprint density at radius 3 is 1.56 bits per heavy atom. The monoisotopic (exact) mass is 635 g/mol. The van der Waals surface area contributed by atoms with Crippen molar-refractivity contribution in [2.75, 3.05) is 20.7 Å². The Bertz CT molecular complexity index is 1140. The van der Waals surface area contributed by atoms with Gasteiger partial charge >= 0.3 is 54.1 Å². The second-order valence-electron chi connectivity index (χ2n) is 7.60. The lowest BCUT2D eigenvalue weighted by molar-refractivity contribution is -0.283. The third-order valence-corrected chi connectivity index (χ3v) is 4.65. The molecule has 1 unspecified atom stereocenters. The van der Waals surface area contributed by atoms with E-state index in [1.165, 1.54) is 0 Å². The second kappa shape index (κ2) is 11.3. The standard InChI is InChI=1S/C19H12F15NO6/c1-35(11(36)14(20,21)17(26,27)28)6-10(41-13(38)16(24,25)19(32,33)34)7-3-4-8(9(5-7)39-2)40-12(37)15(22,23)18(29,30)31/h3-5,10H,6H2,1-2H3. The van der Waals surface area contributed by atoms with Gasteiger partial charge in [-0.05, 0) is 17.7 Å². The van der Waals surface area contributed by atoms with E-state index in [-0.39, 0.29) is 19.2 Å². The van der Waals surface area contributed by atoms with Crippen LogP contribution in [0.25, 0.3) is 0 Å². The first-order valence-electron chi connectivity index (χ1n) is 9.83. The predicted octanol–water partition coefficient (Wildman–Crippen LogP) is 5.24. The van der Waals surface area contributed by atoms with Crippen LogP contribution in [0.3, 0.4) is 0 Å². The van der Waals surface area contributed by atoms with Gasteiger partial charge in [-0.25, -0.2) is 9.59 Å². The summed E-state index contributed by atoms with van der Waals surface area (Å²) in [5.41, 5.74) is -1.01. The molecular weight excluding hydrogens is 623 g/mol. The fourth-order valence-electron chi connectivity index (χ4n) is 2.47. The van der Waals surface area contributed by atoms with Gasteiger partial charge in [0.05, 0.1) is 13.7 Å². The van der Waals surface area contributed by atoms with E-state index in [9.17, 15) is 80.2 Å². The molecule has 0 spiro atoms. The number of esters is 2. The van der Waals surface area contributed by atoms with Gasteiger partial charge in [0.25, 0.3) is 0 Å². The van der Waals surface area contributed by atoms with Crippen LogP contribution in [0.5, 0.6) is 11.5 Å². The van der Waals surface area contributed by atoms with E-state index >= 15 is 0 Å². The smallest absolute Gasteiger partial charge is 0.465 e. The van der Waals surface area contributed by atoms with E-state index in [4.69, 9.17) is 0 Å². The molecular formula is C19H12F15NO6. The van der Waals surface area contributed by atoms with Crippen LogP contribution in [0.2, 0.25) is 0 Å². The molecule has 0 saturated heterocycles. The van der Waals surface area contributed by atoms with Crippen molar-refractivity contribution in [2.24, 2.45) is 0 Å². The van der Waals surface area contributed by atoms with Gasteiger partial charge in [-0.3, -0.25) is 4.79 Å². The van der Waals surface area contributed by atoms with Crippen molar-refractivity contribution < 1.29 is 94.5 Å². The third kappa shape index (κ3) is 7.37. The molecule has 1 aromatic carbocycles. The molecule has 0 fully saturated rings. The summed E-state index contributed by atoms with van der Waals surface area (Å²) >= 11 is 0. The fourth-order valence-corrected chi connectivity index (χ4v) is 2.47. The minimum atomic E-state index is -6.63. The van der Waals surface area contributed by atoms with Crippen molar-refractivity contribution >= 4 is 17.8 Å². The van der Waals surface area contributed by atoms with E-state index < -0.39 is 88.8 Å². The third-order valence-electron chi connectivity index (χ3n) is 4.65. The van der Waals surface area contributed by atoms with Crippen molar-refractivity contribution in [3.05, 3.63) is 23.8 Å². The largest absolute Gasteiger partial charge is 0.493 e. The molecule has 0 aliphatic carbocycles. The molecule has 0 saturated carbocycles. The lowest BCUT2D eigenvalue weighted by atomic mass is 10.1. The number of carbonyl (C=O) groups is 3. The van der Waals surface area contributed by atoms with Crippen LogP contribution < -0.4 is 9.47 Å². The molecule has 1 amide bonds. The Hall–Kier alpha value is -3.62. The zero-order valence-electron chi connectivity index (χ0n) is 19.6. The number of likely N-dealkylation sites (N-methyl/N-ethyl adjacent to an activating group) is 1. The van der Waals surface area contributed by atoms with Gasteiger partial charge in [0.1, 0.15) is 6.10 Å². The molecule has 7 nitrogen and oxygen atoms in total. The van der Waals surface area contributed by atoms with E-state index in [1.807, 2.05) is 0 Å². The first-order valence-corrected chi connectivity index (χ1v) is 9.83. The Kier molecular flexibility index (Phi) is 9.79. The minimum Gasteiger partial charge on any atom is -0.493 e. The van der Waals surface area contributed by atoms with Gasteiger partial charge in [-0.1, -0.05) is 6.07 Å². The number of rotatable bonds is 9. The van der Waals surface area contributed by atoms with Gasteiger partial charge in [-0.2, -0.15) is 65.9 Å². The number of benzene rings is 1. The molecule has 1 rings (SSSR count). The maximum Gasteiger partial charge on any atom is 0.465 e. The van der Waals surface area contributed by atoms with Crippen LogP contribution in [-0.4, -0.2) is 79.7 Å². The van der Waals surface area contributed by atoms with Gasteiger partial charge < -0.3 is 19.1 Å². The van der Waals surface area contributed by atoms with Crippen molar-refractivity contribution in [1.29, 1.82) is 0 Å². The number of methoxy groups -OCH3 is 1. The number of carbonyl (C=O) groups excluding carboxylic acids is 3. The topological polar surface area (TPSA) is 82.1 Å². The molecule has 0 bridgehead atoms. The zero-order valence-corrected chi connectivity index (χ0v) is 19.6. The van der Waals surface area contributed by atoms with Gasteiger partial charge in [0, 0.05) is 7.05 Å². The van der Waals surface area contributed by atoms with E-state index in [0.717, 1.165) is 0 Å². The predicted molar refractivity (Wildman–Crippen MR) is 98.1 cm³/mol. The molecule has 0 N–H and O–H groups in total. The highest BCUT2D eigenvalue weighted by atomic mass is 19.4. The van der Waals surface area contributed by atoms with Gasteiger partial charge in [-0.15, -0.1) is 0 Å². The van der Waals surface area contributed by atoms with Crippen LogP contribution in [0.4, 0.5) is 65.9 Å². The molecule has 22 heteroatoms. The first-order chi connectivity index (χ1) is 18.1. The molecule has 0 aliphatic rings. The number of nitrogens with zero attached hydrogens (tertiary/aromatic N) is 1. The molecule has 0 radical (unpaired) electrons. The highest BCUT2D eigenvalue weighted by Crippen LogP contribution is 2.41. The van der Waals surface area contributed by atoms with Crippen LogP contribution >= 0.6 is 0 Å². The Balaban J connectivity index is 3.55. The summed E-state index contributed by atoms with van der Waals surface area (Å²) in [6.45, 7) is -1.81. The molecule has 0 aromatic heterocycles. The van der Waals surface area contributed by atoms with Crippen molar-refractivity contribution in [3.8, 4) is 11.5 Å². The van der Waals surface area contributed by atoms with Crippen LogP contribution in [0, 0.1) is 0 Å². The Labute approximate surface area is 216 Å². The maximum absolute atomic E-state index is 13.4. The quantitative estimate of drug-likeness (QED) is 0.210. The van der Waals surface area contributed by atoms with E-state index in [0.29, 0.717) is 13.2 Å². The maximum atomic E-state index is 13.4. The summed E-state index contributed by atoms with van der Waals surface area (Å²) in [5, 5.41) is 0. The van der Waals surface area contributed by atoms with E-state index in [2.05, 4.69) is 14.2 Å². The highest BCUT2D eigenvalue weighted by Gasteiger charge is 2.67. The van der Waals surface area contributed by atoms with Crippen molar-refractivity contribution in [1.82, 2.24) is 4.90 Å². The summed E-state index contributed by atoms with van der Waals surface area (Å²) < 4.78 is 204. The van der Waals surface area contributed by atoms with E-state index in [1.54, 1.807) is 0 Å². The Morgan fingerprint density at radius 1 is 0.707 bits per heavy atom. The number of alkyl halides is 15. The molecule has 0 heterocycles. The van der Waals surface area contributed by atoms with Crippen LogP contribution in [-0.2, 0) is 19.1 Å². The zero-order chi connectivity index (χ0) is 32.6. The van der Waals surface area contributed by atoms with Gasteiger partial charge in [0.2, 0.25) is 0 Å².